The number of imidazole rings is 1. The van der Waals surface area contributed by atoms with E-state index >= 15 is 0 Å². The van der Waals surface area contributed by atoms with Crippen LogP contribution in [0.15, 0.2) is 67.8 Å². The SMILES string of the molecule is C=Cn1cc[n+](CC(=O)c2cccc3ccccc23)c1.[Br-]. The maximum Gasteiger partial charge on any atom is 0.248 e. The van der Waals surface area contributed by atoms with Crippen LogP contribution in [-0.2, 0) is 6.54 Å². The van der Waals surface area contributed by atoms with Gasteiger partial charge in [0, 0.05) is 5.56 Å². The molecule has 0 radical (unpaired) electrons. The molecule has 0 N–H and O–H groups in total. The lowest BCUT2D eigenvalue weighted by Crippen LogP contribution is -3.00. The van der Waals surface area contributed by atoms with E-state index in [4.69, 9.17) is 0 Å². The van der Waals surface area contributed by atoms with Gasteiger partial charge in [-0.15, -0.1) is 0 Å². The molecule has 0 aliphatic heterocycles. The van der Waals surface area contributed by atoms with E-state index in [-0.39, 0.29) is 22.8 Å². The van der Waals surface area contributed by atoms with Crippen molar-refractivity contribution in [2.45, 2.75) is 6.54 Å². The number of benzene rings is 2. The number of Topliss-reactive ketones (excluding diaryl/α,β-unsaturated/α-hetero) is 1. The van der Waals surface area contributed by atoms with E-state index in [2.05, 4.69) is 6.58 Å². The average molecular weight is 343 g/mol. The van der Waals surface area contributed by atoms with Crippen LogP contribution in [-0.4, -0.2) is 10.4 Å². The zero-order valence-corrected chi connectivity index (χ0v) is 13.0. The van der Waals surface area contributed by atoms with Crippen molar-refractivity contribution in [3.63, 3.8) is 0 Å². The summed E-state index contributed by atoms with van der Waals surface area (Å²) in [5.74, 6) is 0.105. The first-order chi connectivity index (χ1) is 9.78. The lowest BCUT2D eigenvalue weighted by Gasteiger charge is -2.04. The fraction of sp³-hybridized carbons (Fsp3) is 0.0588. The van der Waals surface area contributed by atoms with Crippen LogP contribution in [0.2, 0.25) is 0 Å². The van der Waals surface area contributed by atoms with Gasteiger partial charge in [0.1, 0.15) is 12.4 Å². The fourth-order valence-electron chi connectivity index (χ4n) is 2.33. The molecule has 4 heteroatoms. The number of fused-ring (bicyclic) bond motifs is 1. The monoisotopic (exact) mass is 342 g/mol. The molecule has 3 nitrogen and oxygen atoms in total. The van der Waals surface area contributed by atoms with Crippen molar-refractivity contribution in [1.29, 1.82) is 0 Å². The normalized spacial score (nSPS) is 10.1. The van der Waals surface area contributed by atoms with E-state index in [1.54, 1.807) is 6.20 Å². The second-order valence-corrected chi connectivity index (χ2v) is 4.67. The molecule has 0 aliphatic rings. The van der Waals surface area contributed by atoms with Crippen LogP contribution in [0.5, 0.6) is 0 Å². The summed E-state index contributed by atoms with van der Waals surface area (Å²) in [6, 6.07) is 13.8. The minimum absolute atomic E-state index is 0. The van der Waals surface area contributed by atoms with Crippen LogP contribution >= 0.6 is 0 Å². The second-order valence-electron chi connectivity index (χ2n) is 4.67. The van der Waals surface area contributed by atoms with Gasteiger partial charge < -0.3 is 17.0 Å². The average Bonchev–Trinajstić information content (AvgIpc) is 2.94. The molecule has 0 saturated heterocycles. The summed E-state index contributed by atoms with van der Waals surface area (Å²) in [7, 11) is 0. The first-order valence-corrected chi connectivity index (χ1v) is 6.48. The van der Waals surface area contributed by atoms with Crippen LogP contribution in [0.1, 0.15) is 10.4 Å². The molecular weight excluding hydrogens is 328 g/mol. The number of ketones is 1. The molecule has 1 aromatic heterocycles. The molecule has 1 heterocycles. The van der Waals surface area contributed by atoms with E-state index in [1.165, 1.54) is 0 Å². The van der Waals surface area contributed by atoms with Crippen LogP contribution in [0.25, 0.3) is 17.0 Å². The Morgan fingerprint density at radius 3 is 2.71 bits per heavy atom. The zero-order valence-electron chi connectivity index (χ0n) is 11.4. The lowest BCUT2D eigenvalue weighted by molar-refractivity contribution is -0.682. The Labute approximate surface area is 133 Å². The molecule has 21 heavy (non-hydrogen) atoms. The first kappa shape index (κ1) is 15.2. The lowest BCUT2D eigenvalue weighted by atomic mass is 10.0. The summed E-state index contributed by atoms with van der Waals surface area (Å²) in [4.78, 5) is 12.5. The largest absolute Gasteiger partial charge is 1.00 e. The van der Waals surface area contributed by atoms with Crippen molar-refractivity contribution < 1.29 is 26.3 Å². The molecule has 106 valence electrons. The maximum absolute atomic E-state index is 12.5. The van der Waals surface area contributed by atoms with E-state index in [0.717, 1.165) is 16.3 Å². The second kappa shape index (κ2) is 6.50. The number of nitrogens with zero attached hydrogens (tertiary/aromatic N) is 2. The summed E-state index contributed by atoms with van der Waals surface area (Å²) >= 11 is 0. The zero-order chi connectivity index (χ0) is 13.9. The van der Waals surface area contributed by atoms with Gasteiger partial charge in [0.25, 0.3) is 0 Å². The summed E-state index contributed by atoms with van der Waals surface area (Å²) in [5, 5.41) is 2.09. The van der Waals surface area contributed by atoms with Crippen molar-refractivity contribution in [2.24, 2.45) is 0 Å². The summed E-state index contributed by atoms with van der Waals surface area (Å²) in [5.41, 5.74) is 0.766. The highest BCUT2D eigenvalue weighted by atomic mass is 79.9. The first-order valence-electron chi connectivity index (χ1n) is 6.48. The summed E-state index contributed by atoms with van der Waals surface area (Å²) < 4.78 is 3.67. The van der Waals surface area contributed by atoms with Crippen molar-refractivity contribution in [3.8, 4) is 0 Å². The van der Waals surface area contributed by atoms with Gasteiger partial charge in [-0.2, -0.15) is 0 Å². The molecule has 3 rings (SSSR count). The molecule has 0 fully saturated rings. The maximum atomic E-state index is 12.5. The molecule has 2 aromatic carbocycles. The minimum Gasteiger partial charge on any atom is -1.00 e. The molecule has 0 aliphatic carbocycles. The number of halogens is 1. The third-order valence-corrected chi connectivity index (χ3v) is 3.34. The topological polar surface area (TPSA) is 25.9 Å². The molecular formula is C17H15BrN2O. The van der Waals surface area contributed by atoms with Gasteiger partial charge in [0.05, 0.1) is 6.20 Å². The Morgan fingerprint density at radius 2 is 1.95 bits per heavy atom. The molecule has 0 saturated carbocycles. The highest BCUT2D eigenvalue weighted by molar-refractivity contribution is 6.07. The number of carbonyl (C=O) groups is 1. The van der Waals surface area contributed by atoms with E-state index in [0.29, 0.717) is 6.54 Å². The third-order valence-electron chi connectivity index (χ3n) is 3.34. The smallest absolute Gasteiger partial charge is 0.248 e. The fourth-order valence-corrected chi connectivity index (χ4v) is 2.33. The Kier molecular flexibility index (Phi) is 4.70. The van der Waals surface area contributed by atoms with Gasteiger partial charge in [0.2, 0.25) is 12.1 Å². The van der Waals surface area contributed by atoms with Crippen molar-refractivity contribution in [1.82, 2.24) is 4.57 Å². The standard InChI is InChI=1S/C17H15N2O.BrH/c1-2-18-10-11-19(13-18)12-17(20)16-9-5-7-14-6-3-4-8-15(14)16;/h2-11,13H,1,12H2;1H/q+1;/p-1. The number of carbonyl (C=O) groups excluding carboxylic acids is 1. The van der Waals surface area contributed by atoms with Gasteiger partial charge in [0.15, 0.2) is 6.54 Å². The Hall–Kier alpha value is -2.20. The van der Waals surface area contributed by atoms with E-state index in [1.807, 2.05) is 70.3 Å². The third kappa shape index (κ3) is 3.11. The minimum atomic E-state index is 0. The molecule has 0 bridgehead atoms. The summed E-state index contributed by atoms with van der Waals surface area (Å²) in [6.45, 7) is 4.02. The predicted molar refractivity (Wildman–Crippen MR) is 79.3 cm³/mol. The summed E-state index contributed by atoms with van der Waals surface area (Å²) in [6.07, 6.45) is 7.27. The van der Waals surface area contributed by atoms with Gasteiger partial charge >= 0.3 is 0 Å². The van der Waals surface area contributed by atoms with Gasteiger partial charge in [-0.05, 0) is 10.8 Å². The van der Waals surface area contributed by atoms with Gasteiger partial charge in [-0.3, -0.25) is 4.79 Å². The number of hydrogen-bond donors (Lipinski definition) is 0. The Bertz CT molecular complexity index is 787. The van der Waals surface area contributed by atoms with Crippen LogP contribution in [0.3, 0.4) is 0 Å². The molecule has 0 unspecified atom stereocenters. The highest BCUT2D eigenvalue weighted by Gasteiger charge is 2.13. The Morgan fingerprint density at radius 1 is 1.19 bits per heavy atom. The Balaban J connectivity index is 0.00000161. The van der Waals surface area contributed by atoms with Crippen LogP contribution in [0.4, 0.5) is 0 Å². The number of rotatable bonds is 4. The quantitative estimate of drug-likeness (QED) is 0.481. The molecule has 0 spiro atoms. The number of hydrogen-bond acceptors (Lipinski definition) is 1. The van der Waals surface area contributed by atoms with Crippen molar-refractivity contribution in [3.05, 3.63) is 73.3 Å². The number of aromatic nitrogens is 2. The van der Waals surface area contributed by atoms with Gasteiger partial charge in [-0.25, -0.2) is 9.13 Å². The van der Waals surface area contributed by atoms with Crippen molar-refractivity contribution >= 4 is 22.8 Å². The van der Waals surface area contributed by atoms with Crippen molar-refractivity contribution in [2.75, 3.05) is 0 Å². The molecule has 3 aromatic rings. The van der Waals surface area contributed by atoms with E-state index in [9.17, 15) is 4.79 Å². The predicted octanol–water partition coefficient (Wildman–Crippen LogP) is -0.0838. The molecule has 0 atom stereocenters. The van der Waals surface area contributed by atoms with Crippen LogP contribution < -0.4 is 21.5 Å². The highest BCUT2D eigenvalue weighted by Crippen LogP contribution is 2.18. The van der Waals surface area contributed by atoms with Gasteiger partial charge in [-0.1, -0.05) is 49.0 Å². The molecule has 0 amide bonds. The van der Waals surface area contributed by atoms with Crippen LogP contribution in [0, 0.1) is 0 Å². The van der Waals surface area contributed by atoms with E-state index < -0.39 is 0 Å².